The molecule has 0 fully saturated rings. The Bertz CT molecular complexity index is 593. The number of pyridine rings is 1. The van der Waals surface area contributed by atoms with Crippen LogP contribution in [0.25, 0.3) is 0 Å². The second-order valence-electron chi connectivity index (χ2n) is 4.77. The third-order valence-electron chi connectivity index (χ3n) is 3.36. The summed E-state index contributed by atoms with van der Waals surface area (Å²) in [5.74, 6) is 1.72. The van der Waals surface area contributed by atoms with Crippen LogP contribution in [0.2, 0.25) is 0 Å². The van der Waals surface area contributed by atoms with E-state index >= 15 is 0 Å². The maximum absolute atomic E-state index is 7.53. The van der Waals surface area contributed by atoms with Gasteiger partial charge in [0.1, 0.15) is 11.6 Å². The Kier molecular flexibility index (Phi) is 4.35. The molecule has 0 aliphatic carbocycles. The third kappa shape index (κ3) is 3.15. The third-order valence-corrected chi connectivity index (χ3v) is 3.36. The van der Waals surface area contributed by atoms with Crippen LogP contribution in [0.5, 0.6) is 11.5 Å². The predicted octanol–water partition coefficient (Wildman–Crippen LogP) is 3.67. The number of aromatic nitrogens is 1. The van der Waals surface area contributed by atoms with Gasteiger partial charge in [0.05, 0.1) is 11.8 Å². The minimum Gasteiger partial charge on any atom is -0.455 e. The standard InChI is InChI=1S/C16H19N3O/c1-3-11(2)12-4-6-13(7-5-12)20-15-10-19-9-8-14(15)16(17)18/h4-11H,3H2,1-2H3,(H3,17,18). The van der Waals surface area contributed by atoms with Gasteiger partial charge in [-0.2, -0.15) is 0 Å². The fourth-order valence-corrected chi connectivity index (χ4v) is 1.91. The van der Waals surface area contributed by atoms with Crippen molar-refractivity contribution in [2.24, 2.45) is 5.73 Å². The van der Waals surface area contributed by atoms with Crippen molar-refractivity contribution >= 4 is 5.84 Å². The molecule has 1 aromatic carbocycles. The Labute approximate surface area is 119 Å². The molecule has 0 amide bonds. The van der Waals surface area contributed by atoms with Crippen LogP contribution in [0, 0.1) is 5.41 Å². The van der Waals surface area contributed by atoms with E-state index in [2.05, 4.69) is 31.0 Å². The molecule has 20 heavy (non-hydrogen) atoms. The Morgan fingerprint density at radius 2 is 2.00 bits per heavy atom. The normalized spacial score (nSPS) is 11.9. The van der Waals surface area contributed by atoms with Crippen LogP contribution in [0.4, 0.5) is 0 Å². The largest absolute Gasteiger partial charge is 0.455 e. The summed E-state index contributed by atoms with van der Waals surface area (Å²) in [6, 6.07) is 9.66. The summed E-state index contributed by atoms with van der Waals surface area (Å²) in [7, 11) is 0. The van der Waals surface area contributed by atoms with Crippen molar-refractivity contribution in [1.82, 2.24) is 4.98 Å². The molecule has 2 aromatic rings. The fourth-order valence-electron chi connectivity index (χ4n) is 1.91. The highest BCUT2D eigenvalue weighted by Gasteiger charge is 2.08. The van der Waals surface area contributed by atoms with Crippen molar-refractivity contribution < 1.29 is 4.74 Å². The lowest BCUT2D eigenvalue weighted by Gasteiger charge is -2.12. The van der Waals surface area contributed by atoms with Gasteiger partial charge in [-0.1, -0.05) is 26.0 Å². The zero-order chi connectivity index (χ0) is 14.5. The Hall–Kier alpha value is -2.36. The van der Waals surface area contributed by atoms with E-state index in [4.69, 9.17) is 15.9 Å². The summed E-state index contributed by atoms with van der Waals surface area (Å²) in [6.45, 7) is 4.37. The van der Waals surface area contributed by atoms with E-state index in [9.17, 15) is 0 Å². The number of benzene rings is 1. The monoisotopic (exact) mass is 269 g/mol. The van der Waals surface area contributed by atoms with Gasteiger partial charge in [0.15, 0.2) is 5.75 Å². The van der Waals surface area contributed by atoms with Gasteiger partial charge in [-0.15, -0.1) is 0 Å². The van der Waals surface area contributed by atoms with Crippen LogP contribution in [0.3, 0.4) is 0 Å². The van der Waals surface area contributed by atoms with E-state index in [1.807, 2.05) is 12.1 Å². The van der Waals surface area contributed by atoms with E-state index in [0.717, 1.165) is 6.42 Å². The van der Waals surface area contributed by atoms with E-state index in [1.165, 1.54) is 5.56 Å². The molecule has 1 aromatic heterocycles. The summed E-state index contributed by atoms with van der Waals surface area (Å²) < 4.78 is 5.76. The van der Waals surface area contributed by atoms with Crippen LogP contribution < -0.4 is 10.5 Å². The number of hydrogen-bond donors (Lipinski definition) is 2. The van der Waals surface area contributed by atoms with Gasteiger partial charge >= 0.3 is 0 Å². The van der Waals surface area contributed by atoms with Gasteiger partial charge < -0.3 is 10.5 Å². The molecule has 0 spiro atoms. The highest BCUT2D eigenvalue weighted by Crippen LogP contribution is 2.26. The second-order valence-corrected chi connectivity index (χ2v) is 4.77. The van der Waals surface area contributed by atoms with Gasteiger partial charge in [-0.3, -0.25) is 10.4 Å². The van der Waals surface area contributed by atoms with Crippen LogP contribution >= 0.6 is 0 Å². The van der Waals surface area contributed by atoms with Gasteiger partial charge in [0.25, 0.3) is 0 Å². The van der Waals surface area contributed by atoms with E-state index in [-0.39, 0.29) is 5.84 Å². The average Bonchev–Trinajstić information content (AvgIpc) is 2.47. The van der Waals surface area contributed by atoms with Gasteiger partial charge in [0.2, 0.25) is 0 Å². The highest BCUT2D eigenvalue weighted by atomic mass is 16.5. The lowest BCUT2D eigenvalue weighted by Crippen LogP contribution is -2.12. The molecule has 0 aliphatic rings. The predicted molar refractivity (Wildman–Crippen MR) is 80.5 cm³/mol. The van der Waals surface area contributed by atoms with Crippen molar-refractivity contribution in [3.63, 3.8) is 0 Å². The van der Waals surface area contributed by atoms with Gasteiger partial charge in [-0.05, 0) is 36.1 Å². The fraction of sp³-hybridized carbons (Fsp3) is 0.250. The molecule has 1 heterocycles. The van der Waals surface area contributed by atoms with Crippen LogP contribution in [0.1, 0.15) is 37.3 Å². The van der Waals surface area contributed by atoms with Crippen molar-refractivity contribution in [3.05, 3.63) is 53.9 Å². The van der Waals surface area contributed by atoms with Gasteiger partial charge in [0, 0.05) is 6.20 Å². The lowest BCUT2D eigenvalue weighted by atomic mass is 9.99. The molecule has 0 saturated heterocycles. The summed E-state index contributed by atoms with van der Waals surface area (Å²) in [5.41, 5.74) is 7.36. The number of ether oxygens (including phenoxy) is 1. The number of amidine groups is 1. The number of nitrogen functional groups attached to an aromatic ring is 1. The maximum Gasteiger partial charge on any atom is 0.156 e. The van der Waals surface area contributed by atoms with Crippen molar-refractivity contribution in [2.75, 3.05) is 0 Å². The number of hydrogen-bond acceptors (Lipinski definition) is 3. The Balaban J connectivity index is 2.20. The quantitative estimate of drug-likeness (QED) is 0.642. The molecular formula is C16H19N3O. The maximum atomic E-state index is 7.53. The van der Waals surface area contributed by atoms with Crippen LogP contribution in [-0.2, 0) is 0 Å². The van der Waals surface area contributed by atoms with Crippen molar-refractivity contribution in [2.45, 2.75) is 26.2 Å². The summed E-state index contributed by atoms with van der Waals surface area (Å²) >= 11 is 0. The first-order valence-corrected chi connectivity index (χ1v) is 6.68. The Morgan fingerprint density at radius 3 is 2.60 bits per heavy atom. The molecule has 1 unspecified atom stereocenters. The summed E-state index contributed by atoms with van der Waals surface area (Å²) in [4.78, 5) is 4.01. The van der Waals surface area contributed by atoms with Crippen molar-refractivity contribution in [1.29, 1.82) is 5.41 Å². The number of nitrogens with zero attached hydrogens (tertiary/aromatic N) is 1. The molecular weight excluding hydrogens is 250 g/mol. The minimum atomic E-state index is -0.0291. The summed E-state index contributed by atoms with van der Waals surface area (Å²) in [5, 5.41) is 7.53. The van der Waals surface area contributed by atoms with E-state index < -0.39 is 0 Å². The molecule has 4 nitrogen and oxygen atoms in total. The first kappa shape index (κ1) is 14.1. The second kappa shape index (κ2) is 6.19. The molecule has 1 atom stereocenters. The topological polar surface area (TPSA) is 72.0 Å². The molecule has 0 bridgehead atoms. The van der Waals surface area contributed by atoms with Crippen LogP contribution in [0.15, 0.2) is 42.7 Å². The average molecular weight is 269 g/mol. The van der Waals surface area contributed by atoms with E-state index in [0.29, 0.717) is 23.0 Å². The molecule has 2 rings (SSSR count). The minimum absolute atomic E-state index is 0.0291. The number of nitrogens with one attached hydrogen (secondary N) is 1. The molecule has 4 heteroatoms. The molecule has 0 radical (unpaired) electrons. The van der Waals surface area contributed by atoms with Crippen molar-refractivity contribution in [3.8, 4) is 11.5 Å². The number of rotatable bonds is 5. The smallest absolute Gasteiger partial charge is 0.156 e. The first-order chi connectivity index (χ1) is 9.61. The zero-order valence-electron chi connectivity index (χ0n) is 11.8. The molecule has 104 valence electrons. The molecule has 0 aliphatic heterocycles. The summed E-state index contributed by atoms with van der Waals surface area (Å²) in [6.07, 6.45) is 4.27. The first-order valence-electron chi connectivity index (χ1n) is 6.68. The van der Waals surface area contributed by atoms with Crippen LogP contribution in [-0.4, -0.2) is 10.8 Å². The van der Waals surface area contributed by atoms with Gasteiger partial charge in [-0.25, -0.2) is 0 Å². The molecule has 3 N–H and O–H groups in total. The Morgan fingerprint density at radius 1 is 1.30 bits per heavy atom. The SMILES string of the molecule is CCC(C)c1ccc(Oc2cnccc2C(=N)N)cc1. The molecule has 0 saturated carbocycles. The lowest BCUT2D eigenvalue weighted by molar-refractivity contribution is 0.478. The number of nitrogens with two attached hydrogens (primary N) is 1. The highest BCUT2D eigenvalue weighted by molar-refractivity contribution is 5.97. The zero-order valence-corrected chi connectivity index (χ0v) is 11.8. The van der Waals surface area contributed by atoms with E-state index in [1.54, 1.807) is 18.5 Å².